The molecule has 1 fully saturated rings. The number of rotatable bonds is 4. The maximum Gasteiger partial charge on any atom is 0.251 e. The fourth-order valence-corrected chi connectivity index (χ4v) is 2.49. The number of nitrogens with one attached hydrogen (secondary N) is 1. The highest BCUT2D eigenvalue weighted by Gasteiger charge is 2.21. The molecular formula is C14H19ClN4O2. The first kappa shape index (κ1) is 15.6. The second-order valence-corrected chi connectivity index (χ2v) is 5.56. The molecule has 1 saturated heterocycles. The molecule has 0 unspecified atom stereocenters. The Hall–Kier alpha value is -1.79. The molecule has 0 atom stereocenters. The van der Waals surface area contributed by atoms with Crippen LogP contribution in [0.4, 0.5) is 0 Å². The summed E-state index contributed by atoms with van der Waals surface area (Å²) >= 11 is 5.80. The number of amides is 1. The second kappa shape index (κ2) is 7.28. The van der Waals surface area contributed by atoms with E-state index in [0.29, 0.717) is 17.1 Å². The summed E-state index contributed by atoms with van der Waals surface area (Å²) in [5.41, 5.74) is 6.09. The van der Waals surface area contributed by atoms with Gasteiger partial charge in [0.1, 0.15) is 0 Å². The van der Waals surface area contributed by atoms with Crippen molar-refractivity contribution in [3.05, 3.63) is 34.9 Å². The predicted octanol–water partition coefficient (Wildman–Crippen LogP) is 1.28. The van der Waals surface area contributed by atoms with Crippen LogP contribution in [0.15, 0.2) is 29.4 Å². The van der Waals surface area contributed by atoms with E-state index in [2.05, 4.69) is 15.4 Å². The molecule has 0 bridgehead atoms. The fraction of sp³-hybridized carbons (Fsp3) is 0.429. The van der Waals surface area contributed by atoms with E-state index in [9.17, 15) is 4.79 Å². The van der Waals surface area contributed by atoms with E-state index in [1.54, 1.807) is 24.3 Å². The number of carbonyl (C=O) groups is 1. The van der Waals surface area contributed by atoms with Gasteiger partial charge in [-0.15, -0.1) is 0 Å². The van der Waals surface area contributed by atoms with Crippen molar-refractivity contribution in [2.24, 2.45) is 10.9 Å². The van der Waals surface area contributed by atoms with Gasteiger partial charge in [0.05, 0.1) is 6.54 Å². The Labute approximate surface area is 128 Å². The van der Waals surface area contributed by atoms with E-state index in [4.69, 9.17) is 22.5 Å². The quantitative estimate of drug-likeness (QED) is 0.338. The van der Waals surface area contributed by atoms with E-state index in [1.807, 2.05) is 0 Å². The number of nitrogens with two attached hydrogens (primary N) is 1. The lowest BCUT2D eigenvalue weighted by molar-refractivity contribution is 0.0914. The lowest BCUT2D eigenvalue weighted by Crippen LogP contribution is -2.46. The molecule has 4 N–H and O–H groups in total. The molecule has 0 radical (unpaired) electrons. The van der Waals surface area contributed by atoms with Crippen molar-refractivity contribution < 1.29 is 10.0 Å². The maximum absolute atomic E-state index is 12.1. The molecule has 0 saturated carbocycles. The van der Waals surface area contributed by atoms with Gasteiger partial charge in [-0.25, -0.2) is 0 Å². The zero-order valence-electron chi connectivity index (χ0n) is 11.6. The average molecular weight is 311 g/mol. The van der Waals surface area contributed by atoms with Gasteiger partial charge in [0.25, 0.3) is 5.91 Å². The van der Waals surface area contributed by atoms with Gasteiger partial charge in [-0.2, -0.15) is 0 Å². The number of nitrogens with zero attached hydrogens (tertiary/aromatic N) is 2. The van der Waals surface area contributed by atoms with Crippen molar-refractivity contribution in [3.63, 3.8) is 0 Å². The lowest BCUT2D eigenvalue weighted by Gasteiger charge is -2.31. The largest absolute Gasteiger partial charge is 0.409 e. The number of amidine groups is 1. The van der Waals surface area contributed by atoms with E-state index in [1.165, 1.54) is 0 Å². The van der Waals surface area contributed by atoms with Crippen LogP contribution in [-0.2, 0) is 0 Å². The van der Waals surface area contributed by atoms with Crippen LogP contribution in [0, 0.1) is 0 Å². The van der Waals surface area contributed by atoms with E-state index < -0.39 is 0 Å². The van der Waals surface area contributed by atoms with Crippen molar-refractivity contribution in [1.29, 1.82) is 0 Å². The topological polar surface area (TPSA) is 91.0 Å². The standard InChI is InChI=1S/C14H19ClN4O2/c15-11-3-1-10(2-4-11)14(20)17-12-5-7-19(8-6-12)9-13(16)18-21/h1-4,12,21H,5-9H2,(H2,16,18)(H,17,20). The number of hydrogen-bond acceptors (Lipinski definition) is 4. The van der Waals surface area contributed by atoms with Crippen LogP contribution in [0.2, 0.25) is 5.02 Å². The van der Waals surface area contributed by atoms with Gasteiger partial charge in [-0.05, 0) is 37.1 Å². The molecule has 21 heavy (non-hydrogen) atoms. The normalized spacial score (nSPS) is 17.7. The zero-order valence-corrected chi connectivity index (χ0v) is 12.4. The number of oxime groups is 1. The molecule has 0 aromatic heterocycles. The third-order valence-corrected chi connectivity index (χ3v) is 3.80. The van der Waals surface area contributed by atoms with Gasteiger partial charge in [0.15, 0.2) is 5.84 Å². The Morgan fingerprint density at radius 2 is 2.00 bits per heavy atom. The Bertz CT molecular complexity index is 510. The van der Waals surface area contributed by atoms with Crippen molar-refractivity contribution in [1.82, 2.24) is 10.2 Å². The number of carbonyl (C=O) groups excluding carboxylic acids is 1. The SMILES string of the molecule is NC(CN1CCC(NC(=O)c2ccc(Cl)cc2)CC1)=NO. The summed E-state index contributed by atoms with van der Waals surface area (Å²) in [6.45, 7) is 2.07. The number of piperidine rings is 1. The van der Waals surface area contributed by atoms with Crippen LogP contribution in [0.1, 0.15) is 23.2 Å². The highest BCUT2D eigenvalue weighted by atomic mass is 35.5. The first-order chi connectivity index (χ1) is 10.1. The molecule has 1 heterocycles. The second-order valence-electron chi connectivity index (χ2n) is 5.12. The molecule has 1 aromatic rings. The summed E-state index contributed by atoms with van der Waals surface area (Å²) in [5, 5.41) is 15.2. The minimum absolute atomic E-state index is 0.0819. The summed E-state index contributed by atoms with van der Waals surface area (Å²) in [7, 11) is 0. The van der Waals surface area contributed by atoms with Gasteiger partial charge in [-0.1, -0.05) is 16.8 Å². The van der Waals surface area contributed by atoms with Crippen LogP contribution in [0.3, 0.4) is 0 Å². The molecule has 0 spiro atoms. The third-order valence-electron chi connectivity index (χ3n) is 3.54. The first-order valence-electron chi connectivity index (χ1n) is 6.83. The summed E-state index contributed by atoms with van der Waals surface area (Å²) in [6.07, 6.45) is 1.69. The van der Waals surface area contributed by atoms with Crippen molar-refractivity contribution in [2.75, 3.05) is 19.6 Å². The van der Waals surface area contributed by atoms with Gasteiger partial charge >= 0.3 is 0 Å². The molecule has 1 amide bonds. The molecule has 1 aliphatic rings. The van der Waals surface area contributed by atoms with Crippen molar-refractivity contribution >= 4 is 23.3 Å². The van der Waals surface area contributed by atoms with Crippen LogP contribution < -0.4 is 11.1 Å². The summed E-state index contributed by atoms with van der Waals surface area (Å²) in [4.78, 5) is 14.2. The van der Waals surface area contributed by atoms with E-state index in [-0.39, 0.29) is 17.8 Å². The predicted molar refractivity (Wildman–Crippen MR) is 81.8 cm³/mol. The number of benzene rings is 1. The molecule has 1 aromatic carbocycles. The van der Waals surface area contributed by atoms with E-state index >= 15 is 0 Å². The Balaban J connectivity index is 1.80. The molecule has 2 rings (SSSR count). The van der Waals surface area contributed by atoms with Crippen LogP contribution in [0.25, 0.3) is 0 Å². The highest BCUT2D eigenvalue weighted by molar-refractivity contribution is 6.30. The fourth-order valence-electron chi connectivity index (χ4n) is 2.37. The Morgan fingerprint density at radius 3 is 2.57 bits per heavy atom. The minimum atomic E-state index is -0.0819. The Morgan fingerprint density at radius 1 is 1.38 bits per heavy atom. The van der Waals surface area contributed by atoms with Crippen LogP contribution in [-0.4, -0.2) is 47.5 Å². The molecule has 1 aliphatic heterocycles. The van der Waals surface area contributed by atoms with Gasteiger partial charge < -0.3 is 16.3 Å². The molecule has 7 heteroatoms. The summed E-state index contributed by atoms with van der Waals surface area (Å²) < 4.78 is 0. The number of likely N-dealkylation sites (tertiary alicyclic amines) is 1. The molecule has 0 aliphatic carbocycles. The molecular weight excluding hydrogens is 292 g/mol. The lowest BCUT2D eigenvalue weighted by atomic mass is 10.0. The van der Waals surface area contributed by atoms with Crippen molar-refractivity contribution in [3.8, 4) is 0 Å². The number of hydrogen-bond donors (Lipinski definition) is 3. The zero-order chi connectivity index (χ0) is 15.2. The smallest absolute Gasteiger partial charge is 0.251 e. The van der Waals surface area contributed by atoms with Crippen molar-refractivity contribution in [2.45, 2.75) is 18.9 Å². The Kier molecular flexibility index (Phi) is 5.41. The van der Waals surface area contributed by atoms with Gasteiger partial charge in [0, 0.05) is 29.7 Å². The molecule has 114 valence electrons. The highest BCUT2D eigenvalue weighted by Crippen LogP contribution is 2.13. The van der Waals surface area contributed by atoms with Crippen LogP contribution >= 0.6 is 11.6 Å². The van der Waals surface area contributed by atoms with Gasteiger partial charge in [-0.3, -0.25) is 9.69 Å². The molecule has 6 nitrogen and oxygen atoms in total. The van der Waals surface area contributed by atoms with Crippen LogP contribution in [0.5, 0.6) is 0 Å². The monoisotopic (exact) mass is 310 g/mol. The summed E-state index contributed by atoms with van der Waals surface area (Å²) in [5.74, 6) is 0.125. The third kappa shape index (κ3) is 4.61. The first-order valence-corrected chi connectivity index (χ1v) is 7.21. The average Bonchev–Trinajstić information content (AvgIpc) is 2.49. The maximum atomic E-state index is 12.1. The minimum Gasteiger partial charge on any atom is -0.409 e. The van der Waals surface area contributed by atoms with Gasteiger partial charge in [0.2, 0.25) is 0 Å². The summed E-state index contributed by atoms with van der Waals surface area (Å²) in [6, 6.07) is 6.99. The number of halogens is 1. The van der Waals surface area contributed by atoms with E-state index in [0.717, 1.165) is 25.9 Å².